The van der Waals surface area contributed by atoms with Crippen molar-refractivity contribution in [1.82, 2.24) is 15.5 Å². The molecular formula is C12H20N4O. The normalized spacial score (nSPS) is 16.2. The summed E-state index contributed by atoms with van der Waals surface area (Å²) in [5.41, 5.74) is 5.87. The van der Waals surface area contributed by atoms with Crippen LogP contribution < -0.4 is 11.1 Å². The summed E-state index contributed by atoms with van der Waals surface area (Å²) in [5.74, 6) is 1.11. The standard InChI is InChI=1S/C12H20N4O/c13-11-8-10(15-16-11)12(17)14-7-3-6-9-4-1-2-5-9/h8-9H,1-7H2,(H,14,17)(H3,13,15,16). The van der Waals surface area contributed by atoms with Crippen LogP contribution >= 0.6 is 0 Å². The molecule has 94 valence electrons. The minimum absolute atomic E-state index is 0.124. The van der Waals surface area contributed by atoms with Crippen molar-refractivity contribution >= 4 is 11.7 Å². The van der Waals surface area contributed by atoms with Gasteiger partial charge in [0.25, 0.3) is 5.91 Å². The Kier molecular flexibility index (Phi) is 4.01. The lowest BCUT2D eigenvalue weighted by atomic mass is 10.0. The molecule has 0 saturated heterocycles. The summed E-state index contributed by atoms with van der Waals surface area (Å²) in [6, 6.07) is 1.55. The topological polar surface area (TPSA) is 83.8 Å². The number of hydrogen-bond acceptors (Lipinski definition) is 3. The molecule has 0 radical (unpaired) electrons. The molecule has 0 unspecified atom stereocenters. The lowest BCUT2D eigenvalue weighted by Gasteiger charge is -2.08. The lowest BCUT2D eigenvalue weighted by molar-refractivity contribution is 0.0947. The molecule has 0 spiro atoms. The van der Waals surface area contributed by atoms with Crippen molar-refractivity contribution in [2.45, 2.75) is 38.5 Å². The van der Waals surface area contributed by atoms with Crippen LogP contribution in [0.1, 0.15) is 49.0 Å². The van der Waals surface area contributed by atoms with E-state index >= 15 is 0 Å². The highest BCUT2D eigenvalue weighted by Crippen LogP contribution is 2.28. The SMILES string of the molecule is Nc1cc(C(=O)NCCCC2CCCC2)[nH]n1. The highest BCUT2D eigenvalue weighted by molar-refractivity contribution is 5.92. The molecule has 1 amide bonds. The van der Waals surface area contributed by atoms with Gasteiger partial charge in [-0.05, 0) is 18.8 Å². The third kappa shape index (κ3) is 3.47. The highest BCUT2D eigenvalue weighted by Gasteiger charge is 2.14. The van der Waals surface area contributed by atoms with Crippen LogP contribution in [0.15, 0.2) is 6.07 Å². The van der Waals surface area contributed by atoms with E-state index in [9.17, 15) is 4.79 Å². The van der Waals surface area contributed by atoms with Gasteiger partial charge in [0.2, 0.25) is 0 Å². The van der Waals surface area contributed by atoms with Crippen molar-refractivity contribution in [2.24, 2.45) is 5.92 Å². The smallest absolute Gasteiger partial charge is 0.269 e. The van der Waals surface area contributed by atoms with Gasteiger partial charge in [-0.15, -0.1) is 0 Å². The molecule has 1 saturated carbocycles. The van der Waals surface area contributed by atoms with Crippen LogP contribution in [0.3, 0.4) is 0 Å². The van der Waals surface area contributed by atoms with Gasteiger partial charge in [-0.2, -0.15) is 5.10 Å². The molecule has 4 N–H and O–H groups in total. The second-order valence-corrected chi connectivity index (χ2v) is 4.76. The molecule has 1 heterocycles. The summed E-state index contributed by atoms with van der Waals surface area (Å²) in [4.78, 5) is 11.6. The Hall–Kier alpha value is -1.52. The van der Waals surface area contributed by atoms with E-state index in [2.05, 4.69) is 15.5 Å². The van der Waals surface area contributed by atoms with Gasteiger partial charge < -0.3 is 11.1 Å². The third-order valence-corrected chi connectivity index (χ3v) is 3.39. The monoisotopic (exact) mass is 236 g/mol. The van der Waals surface area contributed by atoms with Crippen molar-refractivity contribution in [3.05, 3.63) is 11.8 Å². The Balaban J connectivity index is 1.63. The van der Waals surface area contributed by atoms with Gasteiger partial charge in [0.1, 0.15) is 11.5 Å². The number of carbonyl (C=O) groups is 1. The van der Waals surface area contributed by atoms with Crippen molar-refractivity contribution in [1.29, 1.82) is 0 Å². The second-order valence-electron chi connectivity index (χ2n) is 4.76. The summed E-state index contributed by atoms with van der Waals surface area (Å²) in [5, 5.41) is 9.19. The number of amides is 1. The first-order valence-electron chi connectivity index (χ1n) is 6.35. The van der Waals surface area contributed by atoms with Gasteiger partial charge in [-0.1, -0.05) is 25.7 Å². The first-order valence-corrected chi connectivity index (χ1v) is 6.35. The van der Waals surface area contributed by atoms with E-state index in [1.165, 1.54) is 32.1 Å². The predicted molar refractivity (Wildman–Crippen MR) is 66.5 cm³/mol. The maximum absolute atomic E-state index is 11.6. The average molecular weight is 236 g/mol. The molecule has 5 heteroatoms. The predicted octanol–water partition coefficient (Wildman–Crippen LogP) is 1.69. The zero-order valence-corrected chi connectivity index (χ0v) is 10.0. The molecule has 1 aliphatic carbocycles. The van der Waals surface area contributed by atoms with Crippen LogP contribution in [0.4, 0.5) is 5.82 Å². The highest BCUT2D eigenvalue weighted by atomic mass is 16.1. The molecule has 1 aromatic rings. The van der Waals surface area contributed by atoms with Crippen LogP contribution in [0.2, 0.25) is 0 Å². The average Bonchev–Trinajstić information content (AvgIpc) is 2.95. The molecule has 0 aromatic carbocycles. The summed E-state index contributed by atoms with van der Waals surface area (Å²) < 4.78 is 0. The molecule has 0 aliphatic heterocycles. The largest absolute Gasteiger partial charge is 0.382 e. The summed E-state index contributed by atoms with van der Waals surface area (Å²) in [6.07, 6.45) is 7.77. The minimum atomic E-state index is -0.124. The Morgan fingerprint density at radius 1 is 1.53 bits per heavy atom. The molecule has 2 rings (SSSR count). The second kappa shape index (κ2) is 5.70. The number of aromatic nitrogens is 2. The van der Waals surface area contributed by atoms with E-state index in [1.54, 1.807) is 6.07 Å². The molecule has 0 atom stereocenters. The molecule has 17 heavy (non-hydrogen) atoms. The van der Waals surface area contributed by atoms with Gasteiger partial charge in [0, 0.05) is 12.6 Å². The number of rotatable bonds is 5. The molecule has 5 nitrogen and oxygen atoms in total. The molecular weight excluding hydrogens is 216 g/mol. The van der Waals surface area contributed by atoms with Crippen LogP contribution in [-0.2, 0) is 0 Å². The van der Waals surface area contributed by atoms with Crippen LogP contribution in [-0.4, -0.2) is 22.6 Å². The van der Waals surface area contributed by atoms with E-state index in [-0.39, 0.29) is 5.91 Å². The summed E-state index contributed by atoms with van der Waals surface area (Å²) in [7, 11) is 0. The Labute approximate surface area is 101 Å². The van der Waals surface area contributed by atoms with Crippen LogP contribution in [0, 0.1) is 5.92 Å². The van der Waals surface area contributed by atoms with Crippen molar-refractivity contribution in [2.75, 3.05) is 12.3 Å². The van der Waals surface area contributed by atoms with Gasteiger partial charge in [0.15, 0.2) is 0 Å². The van der Waals surface area contributed by atoms with E-state index in [1.807, 2.05) is 0 Å². The first-order chi connectivity index (χ1) is 8.25. The number of H-pyrrole nitrogens is 1. The number of aromatic amines is 1. The van der Waals surface area contributed by atoms with E-state index in [0.29, 0.717) is 11.5 Å². The molecule has 1 aromatic heterocycles. The number of anilines is 1. The Bertz CT molecular complexity index is 368. The number of nitrogens with one attached hydrogen (secondary N) is 2. The van der Waals surface area contributed by atoms with Gasteiger partial charge in [-0.25, -0.2) is 0 Å². The first kappa shape index (κ1) is 12.0. The fraction of sp³-hybridized carbons (Fsp3) is 0.667. The molecule has 0 bridgehead atoms. The fourth-order valence-corrected chi connectivity index (χ4v) is 2.44. The Morgan fingerprint density at radius 3 is 2.94 bits per heavy atom. The maximum Gasteiger partial charge on any atom is 0.269 e. The fourth-order valence-electron chi connectivity index (χ4n) is 2.44. The zero-order valence-electron chi connectivity index (χ0n) is 10.0. The maximum atomic E-state index is 11.6. The molecule has 1 aliphatic rings. The summed E-state index contributed by atoms with van der Waals surface area (Å²) in [6.45, 7) is 0.730. The van der Waals surface area contributed by atoms with Gasteiger partial charge in [-0.3, -0.25) is 9.89 Å². The lowest BCUT2D eigenvalue weighted by Crippen LogP contribution is -2.25. The van der Waals surface area contributed by atoms with E-state index < -0.39 is 0 Å². The quantitative estimate of drug-likeness (QED) is 0.680. The van der Waals surface area contributed by atoms with E-state index in [0.717, 1.165) is 18.9 Å². The summed E-state index contributed by atoms with van der Waals surface area (Å²) >= 11 is 0. The number of nitrogens with two attached hydrogens (primary N) is 1. The number of nitrogen functional groups attached to an aromatic ring is 1. The van der Waals surface area contributed by atoms with Gasteiger partial charge in [0.05, 0.1) is 0 Å². The molecule has 1 fully saturated rings. The van der Waals surface area contributed by atoms with Crippen molar-refractivity contribution in [3.63, 3.8) is 0 Å². The van der Waals surface area contributed by atoms with Crippen molar-refractivity contribution < 1.29 is 4.79 Å². The number of carbonyl (C=O) groups excluding carboxylic acids is 1. The van der Waals surface area contributed by atoms with Crippen LogP contribution in [0.25, 0.3) is 0 Å². The van der Waals surface area contributed by atoms with Gasteiger partial charge >= 0.3 is 0 Å². The zero-order chi connectivity index (χ0) is 12.1. The minimum Gasteiger partial charge on any atom is -0.382 e. The third-order valence-electron chi connectivity index (χ3n) is 3.39. The van der Waals surface area contributed by atoms with Crippen LogP contribution in [0.5, 0.6) is 0 Å². The van der Waals surface area contributed by atoms with Crippen molar-refractivity contribution in [3.8, 4) is 0 Å². The number of nitrogens with zero attached hydrogens (tertiary/aromatic N) is 1. The Morgan fingerprint density at radius 2 is 2.29 bits per heavy atom. The number of hydrogen-bond donors (Lipinski definition) is 3. The van der Waals surface area contributed by atoms with E-state index in [4.69, 9.17) is 5.73 Å².